The number of carbonyl (C=O) groups excluding carboxylic acids is 2. The zero-order valence-electron chi connectivity index (χ0n) is 11.2. The summed E-state index contributed by atoms with van der Waals surface area (Å²) in [6.07, 6.45) is 0.579. The number of hydrogen-bond acceptors (Lipinski definition) is 3. The highest BCUT2D eigenvalue weighted by molar-refractivity contribution is 5.89. The largest absolute Gasteiger partial charge is 0.462 e. The minimum absolute atomic E-state index is 0.0322. The summed E-state index contributed by atoms with van der Waals surface area (Å²) in [4.78, 5) is 23.3. The summed E-state index contributed by atoms with van der Waals surface area (Å²) in [5, 5.41) is 0. The summed E-state index contributed by atoms with van der Waals surface area (Å²) in [5.74, 6) is -0.149. The van der Waals surface area contributed by atoms with Gasteiger partial charge in [0.05, 0.1) is 12.2 Å². The molecule has 0 spiro atoms. The van der Waals surface area contributed by atoms with E-state index < -0.39 is 0 Å². The predicted octanol–water partition coefficient (Wildman–Crippen LogP) is 3.09. The Labute approximate surface area is 108 Å². The molecule has 1 unspecified atom stereocenters. The van der Waals surface area contributed by atoms with Gasteiger partial charge >= 0.3 is 5.97 Å². The van der Waals surface area contributed by atoms with E-state index >= 15 is 0 Å². The maximum atomic E-state index is 11.6. The quantitative estimate of drug-likeness (QED) is 0.726. The molecule has 1 aromatic rings. The van der Waals surface area contributed by atoms with Crippen molar-refractivity contribution < 1.29 is 14.3 Å². The summed E-state index contributed by atoms with van der Waals surface area (Å²) in [6.45, 7) is 5.93. The summed E-state index contributed by atoms with van der Waals surface area (Å²) in [6, 6.07) is 8.86. The summed E-state index contributed by atoms with van der Waals surface area (Å²) in [7, 11) is 0. The third-order valence-electron chi connectivity index (χ3n) is 2.85. The molecule has 0 aromatic heterocycles. The molecule has 0 N–H and O–H groups in total. The van der Waals surface area contributed by atoms with Crippen LogP contribution in [0.1, 0.15) is 37.6 Å². The molecule has 0 aliphatic rings. The molecule has 0 amide bonds. The molecule has 0 aliphatic heterocycles. The Morgan fingerprint density at radius 3 is 2.28 bits per heavy atom. The molecular formula is C15H20O3. The molecule has 3 nitrogen and oxygen atoms in total. The van der Waals surface area contributed by atoms with Crippen molar-refractivity contribution in [2.75, 3.05) is 6.61 Å². The highest BCUT2D eigenvalue weighted by atomic mass is 16.5. The normalized spacial score (nSPS) is 12.2. The van der Waals surface area contributed by atoms with Crippen LogP contribution >= 0.6 is 0 Å². The predicted molar refractivity (Wildman–Crippen MR) is 70.4 cm³/mol. The van der Waals surface area contributed by atoms with Crippen molar-refractivity contribution >= 4 is 11.8 Å². The topological polar surface area (TPSA) is 43.4 Å². The van der Waals surface area contributed by atoms with Gasteiger partial charge in [-0.15, -0.1) is 0 Å². The Balaban J connectivity index is 2.34. The molecule has 0 radical (unpaired) electrons. The fourth-order valence-electron chi connectivity index (χ4n) is 1.70. The van der Waals surface area contributed by atoms with Gasteiger partial charge in [-0.25, -0.2) is 4.79 Å². The maximum absolute atomic E-state index is 11.6. The van der Waals surface area contributed by atoms with Crippen LogP contribution in [0, 0.1) is 11.8 Å². The maximum Gasteiger partial charge on any atom is 0.338 e. The molecule has 3 heteroatoms. The van der Waals surface area contributed by atoms with Gasteiger partial charge in [-0.2, -0.15) is 0 Å². The van der Waals surface area contributed by atoms with Gasteiger partial charge in [-0.1, -0.05) is 39.0 Å². The van der Waals surface area contributed by atoms with Gasteiger partial charge in [0.1, 0.15) is 5.78 Å². The van der Waals surface area contributed by atoms with Crippen molar-refractivity contribution in [1.82, 2.24) is 0 Å². The van der Waals surface area contributed by atoms with E-state index in [2.05, 4.69) is 0 Å². The minimum atomic E-state index is -0.334. The van der Waals surface area contributed by atoms with E-state index in [1.807, 2.05) is 26.8 Å². The molecule has 0 aliphatic carbocycles. The average Bonchev–Trinajstić information content (AvgIpc) is 2.38. The van der Waals surface area contributed by atoms with Crippen LogP contribution in [0.2, 0.25) is 0 Å². The Bertz CT molecular complexity index is 395. The standard InChI is InChI=1S/C15H20O3/c1-11(2)14(16)12(3)9-10-18-15(17)13-7-5-4-6-8-13/h4-8,11-12H,9-10H2,1-3H3. The fourth-order valence-corrected chi connectivity index (χ4v) is 1.70. The van der Waals surface area contributed by atoms with Crippen LogP contribution in [-0.4, -0.2) is 18.4 Å². The number of Topliss-reactive ketones (excluding diaryl/α,β-unsaturated/α-hetero) is 1. The molecule has 0 heterocycles. The lowest BCUT2D eigenvalue weighted by Crippen LogP contribution is -2.19. The van der Waals surface area contributed by atoms with Crippen molar-refractivity contribution in [3.05, 3.63) is 35.9 Å². The van der Waals surface area contributed by atoms with Crippen molar-refractivity contribution in [1.29, 1.82) is 0 Å². The zero-order chi connectivity index (χ0) is 13.5. The number of hydrogen-bond donors (Lipinski definition) is 0. The first-order valence-corrected chi connectivity index (χ1v) is 6.28. The SMILES string of the molecule is CC(C)C(=O)C(C)CCOC(=O)c1ccccc1. The first kappa shape index (κ1) is 14.4. The Morgan fingerprint density at radius 2 is 1.72 bits per heavy atom. The van der Waals surface area contributed by atoms with Gasteiger partial charge < -0.3 is 4.74 Å². The average molecular weight is 248 g/mol. The molecule has 98 valence electrons. The second-order valence-corrected chi connectivity index (χ2v) is 4.75. The van der Waals surface area contributed by atoms with E-state index in [1.54, 1.807) is 24.3 Å². The second kappa shape index (κ2) is 6.94. The van der Waals surface area contributed by atoms with Crippen molar-refractivity contribution in [2.45, 2.75) is 27.2 Å². The van der Waals surface area contributed by atoms with Crippen LogP contribution in [0.25, 0.3) is 0 Å². The highest BCUT2D eigenvalue weighted by Crippen LogP contribution is 2.11. The lowest BCUT2D eigenvalue weighted by molar-refractivity contribution is -0.125. The summed E-state index contributed by atoms with van der Waals surface area (Å²) >= 11 is 0. The monoisotopic (exact) mass is 248 g/mol. The molecule has 0 saturated heterocycles. The van der Waals surface area contributed by atoms with Crippen LogP contribution in [0.4, 0.5) is 0 Å². The van der Waals surface area contributed by atoms with Crippen molar-refractivity contribution in [3.63, 3.8) is 0 Å². The second-order valence-electron chi connectivity index (χ2n) is 4.75. The van der Waals surface area contributed by atoms with Crippen molar-refractivity contribution in [3.8, 4) is 0 Å². The first-order valence-electron chi connectivity index (χ1n) is 6.28. The van der Waals surface area contributed by atoms with E-state index in [0.29, 0.717) is 12.0 Å². The smallest absolute Gasteiger partial charge is 0.338 e. The van der Waals surface area contributed by atoms with Gasteiger partial charge in [0, 0.05) is 11.8 Å². The van der Waals surface area contributed by atoms with Gasteiger partial charge in [0.25, 0.3) is 0 Å². The number of rotatable bonds is 6. The molecule has 0 saturated carbocycles. The Kier molecular flexibility index (Phi) is 5.56. The van der Waals surface area contributed by atoms with E-state index in [1.165, 1.54) is 0 Å². The molecule has 0 bridgehead atoms. The van der Waals surface area contributed by atoms with Crippen LogP contribution in [0.15, 0.2) is 30.3 Å². The zero-order valence-corrected chi connectivity index (χ0v) is 11.2. The van der Waals surface area contributed by atoms with Crippen LogP contribution in [0.5, 0.6) is 0 Å². The number of carbonyl (C=O) groups is 2. The molecule has 1 atom stereocenters. The molecular weight excluding hydrogens is 228 g/mol. The molecule has 18 heavy (non-hydrogen) atoms. The van der Waals surface area contributed by atoms with E-state index in [-0.39, 0.29) is 30.2 Å². The minimum Gasteiger partial charge on any atom is -0.462 e. The number of ketones is 1. The van der Waals surface area contributed by atoms with Gasteiger partial charge in [-0.3, -0.25) is 4.79 Å². The summed E-state index contributed by atoms with van der Waals surface area (Å²) < 4.78 is 5.14. The van der Waals surface area contributed by atoms with Crippen molar-refractivity contribution in [2.24, 2.45) is 11.8 Å². The molecule has 1 rings (SSSR count). The third kappa shape index (κ3) is 4.32. The fraction of sp³-hybridized carbons (Fsp3) is 0.467. The third-order valence-corrected chi connectivity index (χ3v) is 2.85. The van der Waals surface area contributed by atoms with Gasteiger partial charge in [0.15, 0.2) is 0 Å². The summed E-state index contributed by atoms with van der Waals surface area (Å²) in [5.41, 5.74) is 0.542. The van der Waals surface area contributed by atoms with E-state index in [9.17, 15) is 9.59 Å². The number of ether oxygens (including phenoxy) is 1. The molecule has 0 fully saturated rings. The first-order chi connectivity index (χ1) is 8.52. The number of benzene rings is 1. The van der Waals surface area contributed by atoms with E-state index in [4.69, 9.17) is 4.74 Å². The van der Waals surface area contributed by atoms with Gasteiger partial charge in [0.2, 0.25) is 0 Å². The highest BCUT2D eigenvalue weighted by Gasteiger charge is 2.16. The number of esters is 1. The van der Waals surface area contributed by atoms with E-state index in [0.717, 1.165) is 0 Å². The Hall–Kier alpha value is -1.64. The van der Waals surface area contributed by atoms with Crippen LogP contribution in [-0.2, 0) is 9.53 Å². The van der Waals surface area contributed by atoms with Gasteiger partial charge in [-0.05, 0) is 18.6 Å². The van der Waals surface area contributed by atoms with Crippen LogP contribution < -0.4 is 0 Å². The van der Waals surface area contributed by atoms with Crippen LogP contribution in [0.3, 0.4) is 0 Å². The Morgan fingerprint density at radius 1 is 1.11 bits per heavy atom. The lowest BCUT2D eigenvalue weighted by atomic mass is 9.95. The lowest BCUT2D eigenvalue weighted by Gasteiger charge is -2.12. The molecule has 1 aromatic carbocycles.